The quantitative estimate of drug-likeness (QED) is 0.382. The first-order valence-electron chi connectivity index (χ1n) is 8.44. The van der Waals surface area contributed by atoms with Crippen molar-refractivity contribution in [1.29, 1.82) is 0 Å². The van der Waals surface area contributed by atoms with Crippen LogP contribution in [0.1, 0.15) is 27.2 Å². The lowest BCUT2D eigenvalue weighted by Crippen LogP contribution is -2.42. The molecule has 7 heteroatoms. The van der Waals surface area contributed by atoms with Gasteiger partial charge in [-0.3, -0.25) is 9.79 Å². The van der Waals surface area contributed by atoms with Crippen LogP contribution in [0.3, 0.4) is 0 Å². The van der Waals surface area contributed by atoms with E-state index in [1.807, 2.05) is 24.4 Å². The number of benzene rings is 1. The minimum Gasteiger partial charge on any atom is -0.356 e. The third-order valence-electron chi connectivity index (χ3n) is 3.54. The molecule has 25 heavy (non-hydrogen) atoms. The van der Waals surface area contributed by atoms with Crippen LogP contribution in [0.25, 0.3) is 0 Å². The molecule has 0 fully saturated rings. The van der Waals surface area contributed by atoms with Gasteiger partial charge >= 0.3 is 0 Å². The molecule has 2 rings (SSSR count). The average molecular weight is 359 g/mol. The number of hydrogen-bond donors (Lipinski definition) is 3. The number of guanidine groups is 1. The summed E-state index contributed by atoms with van der Waals surface area (Å²) in [6, 6.07) is 9.19. The monoisotopic (exact) mass is 359 g/mol. The van der Waals surface area contributed by atoms with E-state index in [-0.39, 0.29) is 5.91 Å². The predicted octanol–water partition coefficient (Wildman–Crippen LogP) is 1.84. The fourth-order valence-corrected chi connectivity index (χ4v) is 3.05. The highest BCUT2D eigenvalue weighted by Crippen LogP contribution is 2.13. The van der Waals surface area contributed by atoms with Crippen molar-refractivity contribution in [2.24, 2.45) is 4.99 Å². The number of aliphatic imine (C=N–C) groups is 1. The molecule has 0 aliphatic carbocycles. The summed E-state index contributed by atoms with van der Waals surface area (Å²) in [5.74, 6) is 0.655. The number of carbonyl (C=O) groups excluding carboxylic acids is 1. The molecule has 2 aromatic rings. The first kappa shape index (κ1) is 18.9. The number of thiazole rings is 1. The Morgan fingerprint density at radius 2 is 1.84 bits per heavy atom. The lowest BCUT2D eigenvalue weighted by Gasteiger charge is -2.12. The van der Waals surface area contributed by atoms with Crippen molar-refractivity contribution >= 4 is 23.2 Å². The highest BCUT2D eigenvalue weighted by atomic mass is 32.1. The molecule has 1 aromatic heterocycles. The Kier molecular flexibility index (Phi) is 7.91. The molecule has 6 nitrogen and oxygen atoms in total. The van der Waals surface area contributed by atoms with E-state index in [1.165, 1.54) is 4.88 Å². The largest absolute Gasteiger partial charge is 0.356 e. The Bertz CT molecular complexity index is 684. The summed E-state index contributed by atoms with van der Waals surface area (Å²) < 4.78 is 0. The number of rotatable bonds is 8. The van der Waals surface area contributed by atoms with Crippen LogP contribution in [0.4, 0.5) is 0 Å². The average Bonchev–Trinajstić information content (AvgIpc) is 3.12. The summed E-state index contributed by atoms with van der Waals surface area (Å²) in [5, 5.41) is 10.5. The molecule has 1 heterocycles. The van der Waals surface area contributed by atoms with Crippen molar-refractivity contribution in [3.05, 3.63) is 52.0 Å². The highest BCUT2D eigenvalue weighted by molar-refractivity contribution is 7.11. The van der Waals surface area contributed by atoms with Crippen molar-refractivity contribution in [2.75, 3.05) is 26.7 Å². The van der Waals surface area contributed by atoms with E-state index in [4.69, 9.17) is 0 Å². The topological polar surface area (TPSA) is 78.4 Å². The van der Waals surface area contributed by atoms with Gasteiger partial charge in [0.1, 0.15) is 0 Å². The van der Waals surface area contributed by atoms with Gasteiger partial charge in [0.05, 0.1) is 5.01 Å². The first-order valence-corrected chi connectivity index (χ1v) is 9.26. The van der Waals surface area contributed by atoms with E-state index in [0.29, 0.717) is 18.7 Å². The van der Waals surface area contributed by atoms with Crippen LogP contribution in [0.15, 0.2) is 41.5 Å². The number of aryl methyl sites for hydroxylation is 1. The van der Waals surface area contributed by atoms with Gasteiger partial charge in [0.15, 0.2) is 5.96 Å². The van der Waals surface area contributed by atoms with Crippen LogP contribution in [0.2, 0.25) is 0 Å². The Morgan fingerprint density at radius 1 is 1.12 bits per heavy atom. The molecular weight excluding hydrogens is 334 g/mol. The van der Waals surface area contributed by atoms with Gasteiger partial charge in [0, 0.05) is 49.7 Å². The Labute approximate surface area is 152 Å². The molecule has 1 amide bonds. The maximum absolute atomic E-state index is 11.9. The normalized spacial score (nSPS) is 11.2. The highest BCUT2D eigenvalue weighted by Gasteiger charge is 2.04. The van der Waals surface area contributed by atoms with Gasteiger partial charge in [0.2, 0.25) is 0 Å². The zero-order valence-corrected chi connectivity index (χ0v) is 15.5. The van der Waals surface area contributed by atoms with Crippen molar-refractivity contribution < 1.29 is 4.79 Å². The Morgan fingerprint density at radius 3 is 2.52 bits per heavy atom. The zero-order valence-electron chi connectivity index (χ0n) is 14.7. The molecule has 0 radical (unpaired) electrons. The Hall–Kier alpha value is -2.41. The summed E-state index contributed by atoms with van der Waals surface area (Å²) in [6.45, 7) is 4.04. The van der Waals surface area contributed by atoms with Crippen molar-refractivity contribution in [1.82, 2.24) is 20.9 Å². The number of carbonyl (C=O) groups is 1. The first-order chi connectivity index (χ1) is 12.2. The van der Waals surface area contributed by atoms with Crippen LogP contribution < -0.4 is 16.0 Å². The lowest BCUT2D eigenvalue weighted by molar-refractivity contribution is 0.0954. The molecule has 0 saturated heterocycles. The number of hydrogen-bond acceptors (Lipinski definition) is 4. The number of aromatic nitrogens is 1. The molecule has 134 valence electrons. The molecule has 3 N–H and O–H groups in total. The molecular formula is C18H25N5OS. The smallest absolute Gasteiger partial charge is 0.251 e. The molecule has 0 atom stereocenters. The van der Waals surface area contributed by atoms with E-state index in [2.05, 4.69) is 32.9 Å². The Balaban J connectivity index is 1.62. The van der Waals surface area contributed by atoms with Gasteiger partial charge < -0.3 is 16.0 Å². The van der Waals surface area contributed by atoms with E-state index in [1.54, 1.807) is 30.5 Å². The van der Waals surface area contributed by atoms with E-state index < -0.39 is 0 Å². The second-order valence-electron chi connectivity index (χ2n) is 5.37. The summed E-state index contributed by atoms with van der Waals surface area (Å²) in [6.07, 6.45) is 3.85. The van der Waals surface area contributed by atoms with Gasteiger partial charge in [-0.1, -0.05) is 25.1 Å². The summed E-state index contributed by atoms with van der Waals surface area (Å²) >= 11 is 1.76. The fraction of sp³-hybridized carbons (Fsp3) is 0.389. The van der Waals surface area contributed by atoms with E-state index >= 15 is 0 Å². The second-order valence-corrected chi connectivity index (χ2v) is 6.57. The van der Waals surface area contributed by atoms with Gasteiger partial charge in [-0.2, -0.15) is 0 Å². The molecule has 0 unspecified atom stereocenters. The van der Waals surface area contributed by atoms with E-state index in [0.717, 1.165) is 30.4 Å². The molecule has 0 aliphatic rings. The minimum atomic E-state index is -0.0687. The number of amides is 1. The SMILES string of the molecule is CCc1cnc(CCNC(=NC)NCCNC(=O)c2ccccc2)s1. The zero-order chi connectivity index (χ0) is 17.9. The van der Waals surface area contributed by atoms with Crippen LogP contribution in [0, 0.1) is 0 Å². The molecule has 0 saturated carbocycles. The number of nitrogens with zero attached hydrogens (tertiary/aromatic N) is 2. The molecule has 0 bridgehead atoms. The standard InChI is InChI=1S/C18H25N5OS/c1-3-15-13-23-16(25-15)9-10-21-18(19-2)22-12-11-20-17(24)14-7-5-4-6-8-14/h4-8,13H,3,9-12H2,1-2H3,(H,20,24)(H2,19,21,22). The maximum atomic E-state index is 11.9. The van der Waals surface area contributed by atoms with Crippen LogP contribution in [-0.4, -0.2) is 43.5 Å². The van der Waals surface area contributed by atoms with Gasteiger partial charge in [-0.05, 0) is 18.6 Å². The summed E-state index contributed by atoms with van der Waals surface area (Å²) in [4.78, 5) is 21.8. The van der Waals surface area contributed by atoms with E-state index in [9.17, 15) is 4.79 Å². The summed E-state index contributed by atoms with van der Waals surface area (Å²) in [5.41, 5.74) is 0.667. The third kappa shape index (κ3) is 6.54. The molecule has 0 spiro atoms. The van der Waals surface area contributed by atoms with Crippen LogP contribution >= 0.6 is 11.3 Å². The summed E-state index contributed by atoms with van der Waals surface area (Å²) in [7, 11) is 1.73. The minimum absolute atomic E-state index is 0.0687. The van der Waals surface area contributed by atoms with Crippen molar-refractivity contribution in [3.8, 4) is 0 Å². The van der Waals surface area contributed by atoms with Crippen molar-refractivity contribution in [2.45, 2.75) is 19.8 Å². The lowest BCUT2D eigenvalue weighted by atomic mass is 10.2. The fourth-order valence-electron chi connectivity index (χ4n) is 2.18. The van der Waals surface area contributed by atoms with Gasteiger partial charge in [-0.15, -0.1) is 11.3 Å². The van der Waals surface area contributed by atoms with Crippen LogP contribution in [0.5, 0.6) is 0 Å². The van der Waals surface area contributed by atoms with Gasteiger partial charge in [0.25, 0.3) is 5.91 Å². The van der Waals surface area contributed by atoms with Gasteiger partial charge in [-0.25, -0.2) is 4.98 Å². The predicted molar refractivity (Wildman–Crippen MR) is 103 cm³/mol. The maximum Gasteiger partial charge on any atom is 0.251 e. The number of nitrogens with one attached hydrogen (secondary N) is 3. The van der Waals surface area contributed by atoms with Crippen molar-refractivity contribution in [3.63, 3.8) is 0 Å². The second kappa shape index (κ2) is 10.5. The third-order valence-corrected chi connectivity index (χ3v) is 4.75. The molecule has 1 aromatic carbocycles. The molecule has 0 aliphatic heterocycles. The van der Waals surface area contributed by atoms with Crippen LogP contribution in [-0.2, 0) is 12.8 Å².